The van der Waals surface area contributed by atoms with Gasteiger partial charge < -0.3 is 28.5 Å². The Labute approximate surface area is 565 Å². The van der Waals surface area contributed by atoms with Crippen LogP contribution in [0.3, 0.4) is 0 Å². The number of rotatable bonds is 72. The van der Waals surface area contributed by atoms with Gasteiger partial charge >= 0.3 is 5.97 Å². The van der Waals surface area contributed by atoms with Gasteiger partial charge in [0, 0.05) is 12.8 Å². The molecule has 532 valence electrons. The molecule has 91 heavy (non-hydrogen) atoms. The van der Waals surface area contributed by atoms with Crippen molar-refractivity contribution in [3.05, 3.63) is 72.9 Å². The molecule has 3 unspecified atom stereocenters. The molecule has 0 fully saturated rings. The molecule has 0 rings (SSSR count). The fourth-order valence-corrected chi connectivity index (χ4v) is 12.3. The van der Waals surface area contributed by atoms with Gasteiger partial charge in [0.15, 0.2) is 0 Å². The lowest BCUT2D eigenvalue weighted by atomic mass is 10.0. The first kappa shape index (κ1) is 88.5. The summed E-state index contributed by atoms with van der Waals surface area (Å²) in [6.07, 6.45) is 93.3. The standard InChI is InChI=1S/C81H151N2O7P/c1-7-10-13-16-19-22-25-27-29-31-33-35-37-39-41-43-45-47-49-51-53-55-58-61-64-67-70-73-80(84)82-78(77-89-91(86,87)88-76-75-83(4,5)6)79(72-69-66-63-60-57-24-21-18-15-12-9-3)90-81(85)74-71-68-65-62-59-56-54-52-50-48-46-44-42-40-38-36-34-32-30-28-26-23-20-17-14-11-8-2/h19,22,27-30,33,35,39,41,69,72,78-79H,7-18,20-21,23-26,31-32,34,36-38,40,42-68,70-71,73-77H2,1-6H3,(H-,82,84,86,87)/b22-19-,29-27-,30-28+,35-33-,41-39-,72-69+. The quantitative estimate of drug-likeness (QED) is 0.0212. The second kappa shape index (κ2) is 70.3. The number of likely N-dealkylation sites (N-methyl/N-ethyl adjacent to an activating group) is 1. The third-order valence-corrected chi connectivity index (χ3v) is 18.6. The average molecular weight is 1300 g/mol. The predicted octanol–water partition coefficient (Wildman–Crippen LogP) is 24.8. The van der Waals surface area contributed by atoms with Gasteiger partial charge in [0.1, 0.15) is 19.3 Å². The van der Waals surface area contributed by atoms with Crippen molar-refractivity contribution in [2.45, 2.75) is 392 Å². The number of phosphoric ester groups is 1. The average Bonchev–Trinajstić information content (AvgIpc) is 3.08. The van der Waals surface area contributed by atoms with E-state index in [4.69, 9.17) is 13.8 Å². The Hall–Kier alpha value is -2.55. The Bertz CT molecular complexity index is 1780. The van der Waals surface area contributed by atoms with Crippen LogP contribution in [0.25, 0.3) is 0 Å². The number of phosphoric acid groups is 1. The number of allylic oxidation sites excluding steroid dienone is 11. The fraction of sp³-hybridized carbons (Fsp3) is 0.827. The van der Waals surface area contributed by atoms with Crippen LogP contribution < -0.4 is 10.2 Å². The summed E-state index contributed by atoms with van der Waals surface area (Å²) >= 11 is 0. The van der Waals surface area contributed by atoms with Crippen molar-refractivity contribution in [3.63, 3.8) is 0 Å². The Morgan fingerprint density at radius 1 is 0.385 bits per heavy atom. The minimum absolute atomic E-state index is 0.0231. The molecule has 0 spiro atoms. The van der Waals surface area contributed by atoms with Gasteiger partial charge in [-0.25, -0.2) is 0 Å². The second-order valence-electron chi connectivity index (χ2n) is 27.9. The molecule has 0 aromatic carbocycles. The topological polar surface area (TPSA) is 114 Å². The molecule has 0 aromatic rings. The third kappa shape index (κ3) is 71.6. The summed E-state index contributed by atoms with van der Waals surface area (Å²) in [4.78, 5) is 40.3. The Morgan fingerprint density at radius 3 is 1.03 bits per heavy atom. The van der Waals surface area contributed by atoms with Crippen LogP contribution in [0.1, 0.15) is 380 Å². The van der Waals surface area contributed by atoms with Crippen molar-refractivity contribution in [2.75, 3.05) is 40.9 Å². The third-order valence-electron chi connectivity index (χ3n) is 17.6. The molecule has 0 radical (unpaired) electrons. The summed E-state index contributed by atoms with van der Waals surface area (Å²) in [7, 11) is 1.19. The first-order valence-corrected chi connectivity index (χ1v) is 40.7. The van der Waals surface area contributed by atoms with E-state index in [1.807, 2.05) is 33.3 Å². The molecule has 0 bridgehead atoms. The maximum Gasteiger partial charge on any atom is 0.306 e. The van der Waals surface area contributed by atoms with Gasteiger partial charge in [0.25, 0.3) is 7.82 Å². The van der Waals surface area contributed by atoms with Crippen molar-refractivity contribution in [1.82, 2.24) is 5.32 Å². The first-order chi connectivity index (χ1) is 44.4. The molecule has 0 aromatic heterocycles. The van der Waals surface area contributed by atoms with Crippen molar-refractivity contribution < 1.29 is 37.3 Å². The highest BCUT2D eigenvalue weighted by molar-refractivity contribution is 7.45. The highest BCUT2D eigenvalue weighted by Gasteiger charge is 2.27. The number of quaternary nitrogens is 1. The molecule has 0 saturated carbocycles. The minimum Gasteiger partial charge on any atom is -0.756 e. The van der Waals surface area contributed by atoms with Gasteiger partial charge in [-0.05, 0) is 102 Å². The van der Waals surface area contributed by atoms with Gasteiger partial charge in [-0.15, -0.1) is 0 Å². The number of ether oxygens (including phenoxy) is 1. The van der Waals surface area contributed by atoms with Gasteiger partial charge in [0.2, 0.25) is 5.91 Å². The summed E-state index contributed by atoms with van der Waals surface area (Å²) in [6.45, 7) is 6.85. The van der Waals surface area contributed by atoms with E-state index in [0.717, 1.165) is 83.5 Å². The van der Waals surface area contributed by atoms with Gasteiger partial charge in [0.05, 0.1) is 33.8 Å². The van der Waals surface area contributed by atoms with E-state index in [1.165, 1.54) is 263 Å². The highest BCUT2D eigenvalue weighted by Crippen LogP contribution is 2.38. The van der Waals surface area contributed by atoms with Crippen LogP contribution in [0, 0.1) is 0 Å². The summed E-state index contributed by atoms with van der Waals surface area (Å²) < 4.78 is 30.5. The molecule has 10 heteroatoms. The van der Waals surface area contributed by atoms with E-state index >= 15 is 0 Å². The zero-order chi connectivity index (χ0) is 66.3. The summed E-state index contributed by atoms with van der Waals surface area (Å²) in [6, 6.07) is -0.892. The molecule has 3 atom stereocenters. The lowest BCUT2D eigenvalue weighted by Gasteiger charge is -2.30. The van der Waals surface area contributed by atoms with Gasteiger partial charge in [-0.3, -0.25) is 14.2 Å². The number of hydrogen-bond acceptors (Lipinski definition) is 7. The fourth-order valence-electron chi connectivity index (χ4n) is 11.6. The maximum atomic E-state index is 13.6. The summed E-state index contributed by atoms with van der Waals surface area (Å²) in [5.41, 5.74) is 0. The highest BCUT2D eigenvalue weighted by atomic mass is 31.2. The molecule has 0 saturated heterocycles. The predicted molar refractivity (Wildman–Crippen MR) is 395 cm³/mol. The monoisotopic (exact) mass is 1300 g/mol. The van der Waals surface area contributed by atoms with E-state index in [0.29, 0.717) is 17.4 Å². The summed E-state index contributed by atoms with van der Waals surface area (Å²) in [5.74, 6) is -0.530. The number of hydrogen-bond donors (Lipinski definition) is 1. The first-order valence-electron chi connectivity index (χ1n) is 39.2. The number of unbranched alkanes of at least 4 members (excludes halogenated alkanes) is 46. The smallest absolute Gasteiger partial charge is 0.306 e. The van der Waals surface area contributed by atoms with Crippen molar-refractivity contribution in [2.24, 2.45) is 0 Å². The molecule has 0 aliphatic rings. The minimum atomic E-state index is -4.71. The second-order valence-corrected chi connectivity index (χ2v) is 29.3. The number of carbonyl (C=O) groups excluding carboxylic acids is 2. The van der Waals surface area contributed by atoms with Crippen molar-refractivity contribution in [3.8, 4) is 0 Å². The zero-order valence-corrected chi connectivity index (χ0v) is 61.9. The van der Waals surface area contributed by atoms with Gasteiger partial charge in [-0.2, -0.15) is 0 Å². The molecule has 0 aliphatic heterocycles. The van der Waals surface area contributed by atoms with E-state index in [1.54, 1.807) is 0 Å². The Morgan fingerprint density at radius 2 is 0.670 bits per heavy atom. The number of carbonyl (C=O) groups is 2. The molecule has 9 nitrogen and oxygen atoms in total. The van der Waals surface area contributed by atoms with Crippen LogP contribution in [0.2, 0.25) is 0 Å². The molecule has 0 aliphatic carbocycles. The van der Waals surface area contributed by atoms with Crippen LogP contribution in [0.4, 0.5) is 0 Å². The van der Waals surface area contributed by atoms with E-state index in [9.17, 15) is 19.0 Å². The lowest BCUT2D eigenvalue weighted by Crippen LogP contribution is -2.47. The van der Waals surface area contributed by atoms with E-state index < -0.39 is 20.0 Å². The van der Waals surface area contributed by atoms with Crippen LogP contribution >= 0.6 is 7.82 Å². The SMILES string of the molecule is CCCCC/C=C\C/C=C\C/C=C\C/C=C\CCCCCCCCCCCCCC(=O)NC(COP(=O)([O-])OCC[N+](C)(C)C)C(/C=C/CCCCCCCCCCC)OC(=O)CCCCCCCCCCCCCCCCCCC/C=C/CCCCCCCC. The molecule has 0 heterocycles. The number of nitrogens with zero attached hydrogens (tertiary/aromatic N) is 1. The van der Waals surface area contributed by atoms with Crippen LogP contribution in [-0.4, -0.2) is 69.4 Å². The number of nitrogens with one attached hydrogen (secondary N) is 1. The van der Waals surface area contributed by atoms with E-state index in [2.05, 4.69) is 86.8 Å². The van der Waals surface area contributed by atoms with Crippen LogP contribution in [-0.2, 0) is 27.9 Å². The molecular weight excluding hydrogens is 1140 g/mol. The largest absolute Gasteiger partial charge is 0.756 e. The van der Waals surface area contributed by atoms with Crippen LogP contribution in [0.15, 0.2) is 72.9 Å². The van der Waals surface area contributed by atoms with E-state index in [-0.39, 0.29) is 31.5 Å². The summed E-state index contributed by atoms with van der Waals surface area (Å²) in [5, 5.41) is 3.05. The molecular formula is C81H151N2O7P. The number of esters is 1. The normalized spacial score (nSPS) is 13.8. The van der Waals surface area contributed by atoms with Crippen molar-refractivity contribution in [1.29, 1.82) is 0 Å². The van der Waals surface area contributed by atoms with Gasteiger partial charge in [-0.1, -0.05) is 338 Å². The molecule has 1 amide bonds. The Kier molecular flexibility index (Phi) is 68.3. The lowest BCUT2D eigenvalue weighted by molar-refractivity contribution is -0.870. The zero-order valence-electron chi connectivity index (χ0n) is 61.1. The van der Waals surface area contributed by atoms with Crippen LogP contribution in [0.5, 0.6) is 0 Å². The number of amides is 1. The maximum absolute atomic E-state index is 13.6. The Balaban J connectivity index is 4.89. The van der Waals surface area contributed by atoms with Crippen molar-refractivity contribution >= 4 is 19.7 Å². The molecule has 1 N–H and O–H groups in total.